The van der Waals surface area contributed by atoms with Gasteiger partial charge in [-0.25, -0.2) is 8.78 Å². The van der Waals surface area contributed by atoms with Crippen molar-refractivity contribution in [2.75, 3.05) is 18.4 Å². The zero-order chi connectivity index (χ0) is 17.8. The van der Waals surface area contributed by atoms with Gasteiger partial charge in [0.2, 0.25) is 0 Å². The molecule has 1 atom stereocenters. The Bertz CT molecular complexity index is 767. The number of benzene rings is 2. The second kappa shape index (κ2) is 7.61. The number of β-amino-alcohol motifs (C(OH)–C–C–N with tert-alkyl or cyclic N) is 1. The van der Waals surface area contributed by atoms with E-state index in [9.17, 15) is 18.7 Å². The van der Waals surface area contributed by atoms with Gasteiger partial charge in [-0.2, -0.15) is 0 Å². The van der Waals surface area contributed by atoms with E-state index in [-0.39, 0.29) is 18.0 Å². The Balaban J connectivity index is 1.69. The van der Waals surface area contributed by atoms with Crippen molar-refractivity contribution in [3.05, 3.63) is 65.2 Å². The molecule has 1 heterocycles. The summed E-state index contributed by atoms with van der Waals surface area (Å²) in [6.07, 6.45) is 1.02. The van der Waals surface area contributed by atoms with Crippen LogP contribution in [0.5, 0.6) is 0 Å². The molecule has 0 spiro atoms. The van der Waals surface area contributed by atoms with Gasteiger partial charge in [-0.15, -0.1) is 0 Å². The molecule has 132 valence electrons. The summed E-state index contributed by atoms with van der Waals surface area (Å²) < 4.78 is 26.9. The van der Waals surface area contributed by atoms with E-state index in [0.29, 0.717) is 30.8 Å². The number of anilines is 1. The van der Waals surface area contributed by atoms with E-state index in [2.05, 4.69) is 5.32 Å². The Hall–Kier alpha value is -2.47. The highest BCUT2D eigenvalue weighted by atomic mass is 19.2. The van der Waals surface area contributed by atoms with Crippen molar-refractivity contribution >= 4 is 11.6 Å². The van der Waals surface area contributed by atoms with Gasteiger partial charge in [0.15, 0.2) is 11.6 Å². The Morgan fingerprint density at radius 3 is 2.84 bits per heavy atom. The van der Waals surface area contributed by atoms with Gasteiger partial charge in [-0.1, -0.05) is 18.2 Å². The summed E-state index contributed by atoms with van der Waals surface area (Å²) in [5, 5.41) is 12.7. The first-order valence-electron chi connectivity index (χ1n) is 8.29. The van der Waals surface area contributed by atoms with Crippen LogP contribution in [0.1, 0.15) is 28.8 Å². The summed E-state index contributed by atoms with van der Waals surface area (Å²) in [6.45, 7) is 1.08. The first-order valence-corrected chi connectivity index (χ1v) is 8.29. The number of carbonyl (C=O) groups is 1. The molecule has 3 rings (SSSR count). The first-order chi connectivity index (χ1) is 12.0. The molecule has 6 heteroatoms. The SMILES string of the molecule is O=C(c1cccc(NCc2cccc(F)c2F)c1)N1CCCC(O)C1. The van der Waals surface area contributed by atoms with Crippen LogP contribution < -0.4 is 5.32 Å². The van der Waals surface area contributed by atoms with Crippen LogP contribution in [0.25, 0.3) is 0 Å². The smallest absolute Gasteiger partial charge is 0.254 e. The number of likely N-dealkylation sites (tertiary alicyclic amines) is 1. The third kappa shape index (κ3) is 4.14. The average Bonchev–Trinajstić information content (AvgIpc) is 2.62. The maximum Gasteiger partial charge on any atom is 0.254 e. The molecule has 25 heavy (non-hydrogen) atoms. The lowest BCUT2D eigenvalue weighted by molar-refractivity contribution is 0.0474. The molecular formula is C19H20F2N2O2. The van der Waals surface area contributed by atoms with E-state index in [1.807, 2.05) is 0 Å². The van der Waals surface area contributed by atoms with Gasteiger partial charge in [0.1, 0.15) is 0 Å². The Morgan fingerprint density at radius 1 is 1.24 bits per heavy atom. The number of nitrogens with zero attached hydrogens (tertiary/aromatic N) is 1. The molecule has 1 unspecified atom stereocenters. The van der Waals surface area contributed by atoms with Crippen molar-refractivity contribution < 1.29 is 18.7 Å². The number of carbonyl (C=O) groups excluding carboxylic acids is 1. The van der Waals surface area contributed by atoms with Crippen LogP contribution in [-0.4, -0.2) is 35.1 Å². The molecule has 2 aromatic rings. The van der Waals surface area contributed by atoms with Crippen LogP contribution in [0.4, 0.5) is 14.5 Å². The number of hydrogen-bond acceptors (Lipinski definition) is 3. The molecule has 1 saturated heterocycles. The van der Waals surface area contributed by atoms with Gasteiger partial charge in [0.25, 0.3) is 5.91 Å². The van der Waals surface area contributed by atoms with Crippen LogP contribution in [0, 0.1) is 11.6 Å². The number of hydrogen-bond donors (Lipinski definition) is 2. The molecule has 1 aliphatic rings. The number of amides is 1. The Labute approximate surface area is 145 Å². The molecule has 4 nitrogen and oxygen atoms in total. The third-order valence-corrected chi connectivity index (χ3v) is 4.31. The summed E-state index contributed by atoms with van der Waals surface area (Å²) in [4.78, 5) is 14.2. The normalized spacial score (nSPS) is 17.4. The van der Waals surface area contributed by atoms with Crippen molar-refractivity contribution in [3.8, 4) is 0 Å². The number of aliphatic hydroxyl groups excluding tert-OH is 1. The summed E-state index contributed by atoms with van der Waals surface area (Å²) in [6, 6.07) is 10.9. The molecule has 1 amide bonds. The number of nitrogens with one attached hydrogen (secondary N) is 1. The molecule has 2 N–H and O–H groups in total. The first kappa shape index (κ1) is 17.4. The molecule has 1 aliphatic heterocycles. The van der Waals surface area contributed by atoms with Crippen molar-refractivity contribution in [2.24, 2.45) is 0 Å². The molecule has 1 fully saturated rings. The fourth-order valence-electron chi connectivity index (χ4n) is 2.97. The third-order valence-electron chi connectivity index (χ3n) is 4.31. The Morgan fingerprint density at radius 2 is 2.04 bits per heavy atom. The van der Waals surface area contributed by atoms with Crippen LogP contribution in [0.3, 0.4) is 0 Å². The zero-order valence-electron chi connectivity index (χ0n) is 13.7. The maximum absolute atomic E-state index is 13.7. The monoisotopic (exact) mass is 346 g/mol. The van der Waals surface area contributed by atoms with Crippen LogP contribution in [-0.2, 0) is 6.54 Å². The topological polar surface area (TPSA) is 52.6 Å². The van der Waals surface area contributed by atoms with Crippen LogP contribution in [0.15, 0.2) is 42.5 Å². The zero-order valence-corrected chi connectivity index (χ0v) is 13.7. The predicted octanol–water partition coefficient (Wildman–Crippen LogP) is 3.17. The number of piperidine rings is 1. The molecule has 2 aromatic carbocycles. The quantitative estimate of drug-likeness (QED) is 0.894. The van der Waals surface area contributed by atoms with Gasteiger partial charge in [-0.3, -0.25) is 4.79 Å². The average molecular weight is 346 g/mol. The number of rotatable bonds is 4. The number of aliphatic hydroxyl groups is 1. The molecule has 0 bridgehead atoms. The largest absolute Gasteiger partial charge is 0.391 e. The van der Waals surface area contributed by atoms with Crippen molar-refractivity contribution in [1.29, 1.82) is 0 Å². The van der Waals surface area contributed by atoms with E-state index >= 15 is 0 Å². The molecule has 0 saturated carbocycles. The summed E-state index contributed by atoms with van der Waals surface area (Å²) in [5.41, 5.74) is 1.36. The lowest BCUT2D eigenvalue weighted by Crippen LogP contribution is -2.42. The van der Waals surface area contributed by atoms with E-state index in [1.165, 1.54) is 12.1 Å². The van der Waals surface area contributed by atoms with E-state index < -0.39 is 17.7 Å². The Kier molecular flexibility index (Phi) is 5.28. The van der Waals surface area contributed by atoms with Crippen LogP contribution in [0.2, 0.25) is 0 Å². The second-order valence-electron chi connectivity index (χ2n) is 6.19. The number of halogens is 2. The van der Waals surface area contributed by atoms with Gasteiger partial charge in [0, 0.05) is 36.4 Å². The van der Waals surface area contributed by atoms with Crippen molar-refractivity contribution in [3.63, 3.8) is 0 Å². The highest BCUT2D eigenvalue weighted by Gasteiger charge is 2.23. The van der Waals surface area contributed by atoms with Gasteiger partial charge < -0.3 is 15.3 Å². The van der Waals surface area contributed by atoms with Crippen LogP contribution >= 0.6 is 0 Å². The standard InChI is InChI=1S/C19H20F2N2O2/c20-17-8-2-5-14(18(17)21)11-22-15-6-1-4-13(10-15)19(25)23-9-3-7-16(24)12-23/h1-2,4-6,8,10,16,22,24H,3,7,9,11-12H2. The fourth-order valence-corrected chi connectivity index (χ4v) is 2.97. The van der Waals surface area contributed by atoms with Gasteiger partial charge in [0.05, 0.1) is 6.10 Å². The van der Waals surface area contributed by atoms with E-state index in [1.54, 1.807) is 29.2 Å². The molecule has 0 radical (unpaired) electrons. The molecule has 0 aromatic heterocycles. The minimum Gasteiger partial charge on any atom is -0.391 e. The minimum atomic E-state index is -0.883. The summed E-state index contributed by atoms with van der Waals surface area (Å²) >= 11 is 0. The lowest BCUT2D eigenvalue weighted by atomic mass is 10.1. The summed E-state index contributed by atoms with van der Waals surface area (Å²) in [5.74, 6) is -1.89. The van der Waals surface area contributed by atoms with Gasteiger partial charge in [-0.05, 0) is 37.1 Å². The van der Waals surface area contributed by atoms with Gasteiger partial charge >= 0.3 is 0 Å². The van der Waals surface area contributed by atoms with E-state index in [0.717, 1.165) is 12.5 Å². The minimum absolute atomic E-state index is 0.115. The lowest BCUT2D eigenvalue weighted by Gasteiger charge is -2.30. The maximum atomic E-state index is 13.7. The van der Waals surface area contributed by atoms with E-state index in [4.69, 9.17) is 0 Å². The summed E-state index contributed by atoms with van der Waals surface area (Å²) in [7, 11) is 0. The molecular weight excluding hydrogens is 326 g/mol. The predicted molar refractivity (Wildman–Crippen MR) is 91.3 cm³/mol. The highest BCUT2D eigenvalue weighted by molar-refractivity contribution is 5.95. The van der Waals surface area contributed by atoms with Crippen molar-refractivity contribution in [1.82, 2.24) is 4.90 Å². The fraction of sp³-hybridized carbons (Fsp3) is 0.316. The molecule has 0 aliphatic carbocycles. The second-order valence-corrected chi connectivity index (χ2v) is 6.19. The van der Waals surface area contributed by atoms with Crippen molar-refractivity contribution in [2.45, 2.75) is 25.5 Å². The highest BCUT2D eigenvalue weighted by Crippen LogP contribution is 2.18.